The molecule has 0 spiro atoms. The van der Waals surface area contributed by atoms with Gasteiger partial charge in [0.25, 0.3) is 5.91 Å². The summed E-state index contributed by atoms with van der Waals surface area (Å²) in [7, 11) is 0. The maximum Gasteiger partial charge on any atom is 0.261 e. The molecule has 19 heavy (non-hydrogen) atoms. The molecule has 2 aromatic rings. The van der Waals surface area contributed by atoms with E-state index in [0.29, 0.717) is 11.4 Å². The van der Waals surface area contributed by atoms with Crippen LogP contribution in [0, 0.1) is 0 Å². The number of hydrogen-bond acceptors (Lipinski definition) is 3. The summed E-state index contributed by atoms with van der Waals surface area (Å²) in [5.74, 6) is -0.418. The van der Waals surface area contributed by atoms with E-state index in [4.69, 9.17) is 0 Å². The Hall–Kier alpha value is -2.14. The van der Waals surface area contributed by atoms with E-state index in [1.807, 2.05) is 35.7 Å². The number of thiophene rings is 1. The largest absolute Gasteiger partial charge is 0.350 e. The summed E-state index contributed by atoms with van der Waals surface area (Å²) in [5.41, 5.74) is 1.03. The molecule has 0 saturated heterocycles. The van der Waals surface area contributed by atoms with Gasteiger partial charge in [-0.25, -0.2) is 0 Å². The Kier molecular flexibility index (Phi) is 4.69. The van der Waals surface area contributed by atoms with Gasteiger partial charge in [0.05, 0.1) is 11.4 Å². The van der Waals surface area contributed by atoms with E-state index >= 15 is 0 Å². The normalized spacial score (nSPS) is 9.89. The highest BCUT2D eigenvalue weighted by molar-refractivity contribution is 7.12. The molecule has 2 N–H and O–H groups in total. The average molecular weight is 274 g/mol. The second kappa shape index (κ2) is 6.70. The van der Waals surface area contributed by atoms with Crippen molar-refractivity contribution in [3.8, 4) is 0 Å². The SMILES string of the molecule is O=C(CNC(=O)c1cccs1)NCc1ccccc1. The Morgan fingerprint density at radius 3 is 2.47 bits per heavy atom. The molecule has 1 aromatic heterocycles. The van der Waals surface area contributed by atoms with Crippen LogP contribution >= 0.6 is 11.3 Å². The average Bonchev–Trinajstić information content (AvgIpc) is 2.98. The van der Waals surface area contributed by atoms with Crippen molar-refractivity contribution < 1.29 is 9.59 Å². The minimum atomic E-state index is -0.218. The molecule has 0 aliphatic rings. The molecule has 98 valence electrons. The highest BCUT2D eigenvalue weighted by Gasteiger charge is 2.08. The van der Waals surface area contributed by atoms with E-state index < -0.39 is 0 Å². The Bertz CT molecular complexity index is 538. The summed E-state index contributed by atoms with van der Waals surface area (Å²) in [6.45, 7) is 0.456. The van der Waals surface area contributed by atoms with Crippen LogP contribution < -0.4 is 10.6 Å². The molecule has 0 aliphatic carbocycles. The quantitative estimate of drug-likeness (QED) is 0.873. The third kappa shape index (κ3) is 4.22. The van der Waals surface area contributed by atoms with Crippen molar-refractivity contribution in [1.82, 2.24) is 10.6 Å². The molecule has 0 atom stereocenters. The molecule has 0 fully saturated rings. The van der Waals surface area contributed by atoms with Crippen molar-refractivity contribution in [3.63, 3.8) is 0 Å². The lowest BCUT2D eigenvalue weighted by Gasteiger charge is -2.06. The first kappa shape index (κ1) is 13.3. The zero-order chi connectivity index (χ0) is 13.5. The van der Waals surface area contributed by atoms with Crippen molar-refractivity contribution in [3.05, 3.63) is 58.3 Å². The van der Waals surface area contributed by atoms with Crippen LogP contribution in [-0.2, 0) is 11.3 Å². The second-order valence-corrected chi connectivity index (χ2v) is 4.87. The first-order valence-electron chi connectivity index (χ1n) is 5.88. The molecule has 2 rings (SSSR count). The third-order valence-corrected chi connectivity index (χ3v) is 3.36. The van der Waals surface area contributed by atoms with Crippen LogP contribution in [0.15, 0.2) is 47.8 Å². The van der Waals surface area contributed by atoms with E-state index in [9.17, 15) is 9.59 Å². The molecule has 5 heteroatoms. The molecule has 1 heterocycles. The van der Waals surface area contributed by atoms with Gasteiger partial charge in [0.1, 0.15) is 0 Å². The molecular formula is C14H14N2O2S. The van der Waals surface area contributed by atoms with Gasteiger partial charge in [-0.3, -0.25) is 9.59 Å². The molecule has 0 aliphatic heterocycles. The van der Waals surface area contributed by atoms with Crippen molar-refractivity contribution in [2.24, 2.45) is 0 Å². The van der Waals surface area contributed by atoms with Gasteiger partial charge in [0, 0.05) is 6.54 Å². The zero-order valence-corrected chi connectivity index (χ0v) is 11.1. The van der Waals surface area contributed by atoms with Gasteiger partial charge < -0.3 is 10.6 Å². The molecule has 0 saturated carbocycles. The van der Waals surface area contributed by atoms with Crippen molar-refractivity contribution in [2.45, 2.75) is 6.54 Å². The zero-order valence-electron chi connectivity index (χ0n) is 10.3. The summed E-state index contributed by atoms with van der Waals surface area (Å²) in [4.78, 5) is 23.8. The van der Waals surface area contributed by atoms with Crippen molar-refractivity contribution in [2.75, 3.05) is 6.54 Å². The number of carbonyl (C=O) groups is 2. The predicted octanol–water partition coefficient (Wildman–Crippen LogP) is 1.79. The van der Waals surface area contributed by atoms with Crippen LogP contribution in [0.4, 0.5) is 0 Å². The van der Waals surface area contributed by atoms with Crippen molar-refractivity contribution in [1.29, 1.82) is 0 Å². The van der Waals surface area contributed by atoms with Crippen LogP contribution in [0.3, 0.4) is 0 Å². The standard InChI is InChI=1S/C14H14N2O2S/c17-13(15-9-11-5-2-1-3-6-11)10-16-14(18)12-7-4-8-19-12/h1-8H,9-10H2,(H,15,17)(H,16,18). The van der Waals surface area contributed by atoms with Gasteiger partial charge >= 0.3 is 0 Å². The van der Waals surface area contributed by atoms with Crippen LogP contribution in [0.5, 0.6) is 0 Å². The minimum absolute atomic E-state index is 0.0104. The third-order valence-electron chi connectivity index (χ3n) is 2.49. The maximum absolute atomic E-state index is 11.6. The lowest BCUT2D eigenvalue weighted by atomic mass is 10.2. The van der Waals surface area contributed by atoms with Crippen LogP contribution in [0.2, 0.25) is 0 Å². The first-order valence-corrected chi connectivity index (χ1v) is 6.76. The molecular weight excluding hydrogens is 260 g/mol. The molecule has 0 unspecified atom stereocenters. The number of hydrogen-bond donors (Lipinski definition) is 2. The Labute approximate surface area is 115 Å². The number of benzene rings is 1. The Morgan fingerprint density at radius 2 is 1.79 bits per heavy atom. The fourth-order valence-electron chi connectivity index (χ4n) is 1.51. The topological polar surface area (TPSA) is 58.2 Å². The van der Waals surface area contributed by atoms with E-state index in [-0.39, 0.29) is 18.4 Å². The van der Waals surface area contributed by atoms with E-state index in [1.165, 1.54) is 11.3 Å². The van der Waals surface area contributed by atoms with Gasteiger partial charge in [-0.05, 0) is 17.0 Å². The number of carbonyl (C=O) groups excluding carboxylic acids is 2. The van der Waals surface area contributed by atoms with E-state index in [0.717, 1.165) is 5.56 Å². The number of nitrogens with one attached hydrogen (secondary N) is 2. The van der Waals surface area contributed by atoms with E-state index in [2.05, 4.69) is 10.6 Å². The monoisotopic (exact) mass is 274 g/mol. The lowest BCUT2D eigenvalue weighted by molar-refractivity contribution is -0.120. The molecule has 2 amide bonds. The van der Waals surface area contributed by atoms with Gasteiger partial charge in [-0.2, -0.15) is 0 Å². The summed E-state index contributed by atoms with van der Waals surface area (Å²) in [6, 6.07) is 13.2. The van der Waals surface area contributed by atoms with Crippen LogP contribution in [0.1, 0.15) is 15.2 Å². The highest BCUT2D eigenvalue weighted by atomic mass is 32.1. The smallest absolute Gasteiger partial charge is 0.261 e. The summed E-state index contributed by atoms with van der Waals surface area (Å²) < 4.78 is 0. The maximum atomic E-state index is 11.6. The number of amides is 2. The second-order valence-electron chi connectivity index (χ2n) is 3.92. The summed E-state index contributed by atoms with van der Waals surface area (Å²) in [5, 5.41) is 7.15. The number of rotatable bonds is 5. The summed E-state index contributed by atoms with van der Waals surface area (Å²) >= 11 is 1.35. The lowest BCUT2D eigenvalue weighted by Crippen LogP contribution is -2.36. The van der Waals surface area contributed by atoms with Crippen LogP contribution in [-0.4, -0.2) is 18.4 Å². The molecule has 4 nitrogen and oxygen atoms in total. The minimum Gasteiger partial charge on any atom is -0.350 e. The molecule has 0 radical (unpaired) electrons. The Balaban J connectivity index is 1.72. The van der Waals surface area contributed by atoms with Gasteiger partial charge in [-0.1, -0.05) is 36.4 Å². The predicted molar refractivity (Wildman–Crippen MR) is 74.9 cm³/mol. The van der Waals surface area contributed by atoms with Crippen molar-refractivity contribution >= 4 is 23.2 Å². The summed E-state index contributed by atoms with van der Waals surface area (Å²) in [6.07, 6.45) is 0. The molecule has 1 aromatic carbocycles. The fraction of sp³-hybridized carbons (Fsp3) is 0.143. The Morgan fingerprint density at radius 1 is 1.00 bits per heavy atom. The fourth-order valence-corrected chi connectivity index (χ4v) is 2.15. The highest BCUT2D eigenvalue weighted by Crippen LogP contribution is 2.07. The van der Waals surface area contributed by atoms with Gasteiger partial charge in [-0.15, -0.1) is 11.3 Å². The van der Waals surface area contributed by atoms with Crippen LogP contribution in [0.25, 0.3) is 0 Å². The van der Waals surface area contributed by atoms with Gasteiger partial charge in [0.15, 0.2) is 0 Å². The first-order chi connectivity index (χ1) is 9.25. The molecule has 0 bridgehead atoms. The van der Waals surface area contributed by atoms with E-state index in [1.54, 1.807) is 12.1 Å². The van der Waals surface area contributed by atoms with Gasteiger partial charge in [0.2, 0.25) is 5.91 Å².